The van der Waals surface area contributed by atoms with E-state index in [0.29, 0.717) is 10.7 Å². The van der Waals surface area contributed by atoms with E-state index in [4.69, 9.17) is 23.8 Å². The van der Waals surface area contributed by atoms with E-state index in [-0.39, 0.29) is 10.3 Å². The normalized spacial score (nSPS) is 11.4. The second-order valence-electron chi connectivity index (χ2n) is 5.61. The van der Waals surface area contributed by atoms with E-state index in [2.05, 4.69) is 19.9 Å². The number of nitrogens with zero attached hydrogens (tertiary/aromatic N) is 4. The molecule has 6 nitrogen and oxygen atoms in total. The van der Waals surface area contributed by atoms with Gasteiger partial charge in [0.15, 0.2) is 0 Å². The van der Waals surface area contributed by atoms with Gasteiger partial charge in [-0.3, -0.25) is 9.89 Å². The van der Waals surface area contributed by atoms with Crippen molar-refractivity contribution in [2.45, 2.75) is 20.8 Å². The largest absolute Gasteiger partial charge is 0.318 e. The molecule has 0 atom stereocenters. The van der Waals surface area contributed by atoms with Gasteiger partial charge in [-0.1, -0.05) is 11.6 Å². The summed E-state index contributed by atoms with van der Waals surface area (Å²) >= 11 is 11.0. The van der Waals surface area contributed by atoms with Crippen molar-refractivity contribution < 1.29 is 0 Å². The lowest BCUT2D eigenvalue weighted by Gasteiger charge is -2.09. The molecule has 0 aliphatic rings. The maximum Gasteiger partial charge on any atom is 0.296 e. The minimum absolute atomic E-state index is 0.151. The number of hydrogen-bond acceptors (Lipinski definition) is 4. The molecule has 0 saturated heterocycles. The zero-order valence-electron chi connectivity index (χ0n) is 13.9. The van der Waals surface area contributed by atoms with Crippen LogP contribution in [-0.4, -0.2) is 25.7 Å². The number of hydrogen-bond donors (Lipinski definition) is 1. The van der Waals surface area contributed by atoms with Gasteiger partial charge >= 0.3 is 0 Å². The van der Waals surface area contributed by atoms with Crippen LogP contribution in [0, 0.1) is 25.5 Å². The molecule has 0 bridgehead atoms. The van der Waals surface area contributed by atoms with E-state index >= 15 is 0 Å². The smallest absolute Gasteiger partial charge is 0.296 e. The molecule has 128 valence electrons. The van der Waals surface area contributed by atoms with Gasteiger partial charge in [-0.2, -0.15) is 14.9 Å². The van der Waals surface area contributed by atoms with Gasteiger partial charge in [-0.25, -0.2) is 0 Å². The van der Waals surface area contributed by atoms with Crippen molar-refractivity contribution in [2.75, 3.05) is 0 Å². The Morgan fingerprint density at radius 3 is 2.60 bits per heavy atom. The molecule has 2 aromatic heterocycles. The first-order valence-corrected chi connectivity index (χ1v) is 8.34. The number of benzene rings is 1. The first-order chi connectivity index (χ1) is 11.9. The van der Waals surface area contributed by atoms with Crippen LogP contribution in [0.5, 0.6) is 0 Å². The Labute approximate surface area is 154 Å². The minimum Gasteiger partial charge on any atom is -0.318 e. The Hall–Kier alpha value is -2.51. The first kappa shape index (κ1) is 17.3. The molecule has 0 spiro atoms. The summed E-state index contributed by atoms with van der Waals surface area (Å²) in [5.74, 6) is 0. The second-order valence-corrected chi connectivity index (χ2v) is 6.44. The highest BCUT2D eigenvalue weighted by atomic mass is 35.5. The summed E-state index contributed by atoms with van der Waals surface area (Å²) in [7, 11) is 0. The maximum absolute atomic E-state index is 12.1. The maximum atomic E-state index is 12.1. The number of rotatable bonds is 3. The number of nitrogens with one attached hydrogen (secondary N) is 1. The Morgan fingerprint density at radius 1 is 1.24 bits per heavy atom. The average Bonchev–Trinajstić information content (AvgIpc) is 2.86. The molecular weight excluding hydrogens is 358 g/mol. The van der Waals surface area contributed by atoms with Crippen molar-refractivity contribution in [3.8, 4) is 5.69 Å². The average molecular weight is 374 g/mol. The zero-order chi connectivity index (χ0) is 18.1. The summed E-state index contributed by atoms with van der Waals surface area (Å²) in [5.41, 5.74) is 3.90. The van der Waals surface area contributed by atoms with Crippen LogP contribution < -0.4 is 5.56 Å². The molecule has 3 rings (SSSR count). The fourth-order valence-electron chi connectivity index (χ4n) is 2.60. The molecule has 1 aromatic carbocycles. The molecule has 2 heterocycles. The van der Waals surface area contributed by atoms with Gasteiger partial charge in [0.25, 0.3) is 5.56 Å². The molecule has 0 radical (unpaired) electrons. The number of aryl methyl sites for hydroxylation is 2. The van der Waals surface area contributed by atoms with Crippen molar-refractivity contribution >= 4 is 30.0 Å². The van der Waals surface area contributed by atoms with Crippen LogP contribution in [0.1, 0.15) is 22.6 Å². The predicted molar refractivity (Wildman–Crippen MR) is 102 cm³/mol. The summed E-state index contributed by atoms with van der Waals surface area (Å²) in [6.07, 6.45) is 1.62. The van der Waals surface area contributed by atoms with E-state index in [1.807, 2.05) is 44.2 Å². The Bertz CT molecular complexity index is 1080. The number of aromatic nitrogens is 4. The van der Waals surface area contributed by atoms with Crippen LogP contribution in [0.15, 0.2) is 40.2 Å². The van der Waals surface area contributed by atoms with Crippen LogP contribution in [0.2, 0.25) is 5.02 Å². The third-order valence-electron chi connectivity index (χ3n) is 3.88. The van der Waals surface area contributed by atoms with E-state index in [1.165, 1.54) is 0 Å². The standard InChI is InChI=1S/C17H16ClN5OS/c1-10-8-13(9-19-23-16(24)11(2)20-21-17(23)25)12(3)22(10)15-6-4-14(18)5-7-15/h4-9H,1-3H3,(H,21,25)/b19-9+. The van der Waals surface area contributed by atoms with Gasteiger partial charge in [0.2, 0.25) is 4.77 Å². The third kappa shape index (κ3) is 3.33. The van der Waals surface area contributed by atoms with Crippen molar-refractivity contribution in [1.82, 2.24) is 19.4 Å². The summed E-state index contributed by atoms with van der Waals surface area (Å²) in [6, 6.07) is 9.61. The highest BCUT2D eigenvalue weighted by Crippen LogP contribution is 2.21. The lowest BCUT2D eigenvalue weighted by atomic mass is 10.2. The van der Waals surface area contributed by atoms with Gasteiger partial charge in [0, 0.05) is 27.7 Å². The monoisotopic (exact) mass is 373 g/mol. The summed E-state index contributed by atoms with van der Waals surface area (Å²) in [6.45, 7) is 5.60. The molecular formula is C17H16ClN5OS. The molecule has 1 N–H and O–H groups in total. The van der Waals surface area contributed by atoms with Gasteiger partial charge in [0.1, 0.15) is 5.69 Å². The van der Waals surface area contributed by atoms with Gasteiger partial charge in [0.05, 0.1) is 6.21 Å². The molecule has 0 unspecified atom stereocenters. The van der Waals surface area contributed by atoms with Crippen LogP contribution in [0.3, 0.4) is 0 Å². The molecule has 8 heteroatoms. The van der Waals surface area contributed by atoms with E-state index in [1.54, 1.807) is 13.1 Å². The van der Waals surface area contributed by atoms with Crippen LogP contribution in [0.4, 0.5) is 0 Å². The number of aromatic amines is 1. The molecule has 3 aromatic rings. The van der Waals surface area contributed by atoms with Gasteiger partial charge < -0.3 is 4.57 Å². The van der Waals surface area contributed by atoms with E-state index in [0.717, 1.165) is 27.3 Å². The van der Waals surface area contributed by atoms with Crippen molar-refractivity contribution in [2.24, 2.45) is 5.10 Å². The first-order valence-electron chi connectivity index (χ1n) is 7.56. The summed E-state index contributed by atoms with van der Waals surface area (Å²) < 4.78 is 3.38. The lowest BCUT2D eigenvalue weighted by Crippen LogP contribution is -2.22. The summed E-state index contributed by atoms with van der Waals surface area (Å²) in [4.78, 5) is 12.1. The summed E-state index contributed by atoms with van der Waals surface area (Å²) in [5, 5.41) is 11.3. The van der Waals surface area contributed by atoms with Crippen molar-refractivity contribution in [3.05, 3.63) is 73.1 Å². The molecule has 25 heavy (non-hydrogen) atoms. The van der Waals surface area contributed by atoms with E-state index in [9.17, 15) is 4.79 Å². The number of H-pyrrole nitrogens is 1. The Kier molecular flexibility index (Phi) is 4.69. The van der Waals surface area contributed by atoms with Gasteiger partial charge in [-0.05, 0) is 63.3 Å². The number of halogens is 1. The van der Waals surface area contributed by atoms with Crippen molar-refractivity contribution in [3.63, 3.8) is 0 Å². The molecule has 0 fully saturated rings. The quantitative estimate of drug-likeness (QED) is 0.564. The molecule has 0 amide bonds. The Balaban J connectivity index is 2.05. The highest BCUT2D eigenvalue weighted by molar-refractivity contribution is 7.71. The molecule has 0 saturated carbocycles. The topological polar surface area (TPSA) is 68.0 Å². The highest BCUT2D eigenvalue weighted by Gasteiger charge is 2.10. The van der Waals surface area contributed by atoms with Crippen LogP contribution in [-0.2, 0) is 0 Å². The Morgan fingerprint density at radius 2 is 1.92 bits per heavy atom. The lowest BCUT2D eigenvalue weighted by molar-refractivity contribution is 0.720. The minimum atomic E-state index is -0.341. The van der Waals surface area contributed by atoms with Crippen LogP contribution >= 0.6 is 23.8 Å². The zero-order valence-corrected chi connectivity index (χ0v) is 15.5. The van der Waals surface area contributed by atoms with E-state index < -0.39 is 0 Å². The van der Waals surface area contributed by atoms with Crippen molar-refractivity contribution in [1.29, 1.82) is 0 Å². The predicted octanol–water partition coefficient (Wildman–Crippen LogP) is 3.55. The third-order valence-corrected chi connectivity index (χ3v) is 4.40. The van der Waals surface area contributed by atoms with Crippen LogP contribution in [0.25, 0.3) is 5.69 Å². The van der Waals surface area contributed by atoms with Gasteiger partial charge in [-0.15, -0.1) is 0 Å². The fourth-order valence-corrected chi connectivity index (χ4v) is 2.90. The molecule has 0 aliphatic carbocycles. The molecule has 0 aliphatic heterocycles. The second kappa shape index (κ2) is 6.78. The SMILES string of the molecule is Cc1n[nH]c(=S)n(/N=C/c2cc(C)n(-c3ccc(Cl)cc3)c2C)c1=O. The fraction of sp³-hybridized carbons (Fsp3) is 0.176.